The number of nitrogens with zero attached hydrogens (tertiary/aromatic N) is 3. The molecule has 2 rings (SSSR count). The fourth-order valence-corrected chi connectivity index (χ4v) is 1.23. The van der Waals surface area contributed by atoms with Gasteiger partial charge in [-0.05, 0) is 13.8 Å². The molecule has 0 saturated heterocycles. The maximum absolute atomic E-state index is 5.37. The molecule has 0 aromatic carbocycles. The Morgan fingerprint density at radius 3 is 2.40 bits per heavy atom. The molecule has 2 heterocycles. The minimum Gasteiger partial charge on any atom is -0.361 e. The summed E-state index contributed by atoms with van der Waals surface area (Å²) in [5.41, 5.74) is 6.85. The van der Waals surface area contributed by atoms with Gasteiger partial charge in [-0.15, -0.1) is 12.4 Å². The molecule has 0 aliphatic rings. The molecule has 0 bridgehead atoms. The van der Waals surface area contributed by atoms with Crippen molar-refractivity contribution < 1.29 is 9.05 Å². The summed E-state index contributed by atoms with van der Waals surface area (Å²) in [6, 6.07) is 0. The highest BCUT2D eigenvalue weighted by Crippen LogP contribution is 2.24. The van der Waals surface area contributed by atoms with Gasteiger partial charge < -0.3 is 14.8 Å². The normalized spacial score (nSPS) is 10.1. The Kier molecular flexibility index (Phi) is 3.43. The van der Waals surface area contributed by atoms with E-state index in [4.69, 9.17) is 14.8 Å². The number of aryl methyl sites for hydroxylation is 2. The number of nitrogens with two attached hydrogens (primary N) is 1. The van der Waals surface area contributed by atoms with Crippen molar-refractivity contribution in [3.05, 3.63) is 17.3 Å². The maximum atomic E-state index is 5.37. The third-order valence-corrected chi connectivity index (χ3v) is 1.90. The van der Waals surface area contributed by atoms with Gasteiger partial charge in [0.25, 0.3) is 5.89 Å². The van der Waals surface area contributed by atoms with E-state index in [-0.39, 0.29) is 19.0 Å². The first-order chi connectivity index (χ1) is 6.72. The Hall–Kier alpha value is -1.40. The zero-order valence-electron chi connectivity index (χ0n) is 8.35. The number of rotatable bonds is 2. The largest absolute Gasteiger partial charge is 0.361 e. The van der Waals surface area contributed by atoms with Crippen molar-refractivity contribution in [2.75, 3.05) is 0 Å². The molecule has 0 radical (unpaired) electrons. The molecule has 2 aromatic heterocycles. The lowest BCUT2D eigenvalue weighted by Crippen LogP contribution is -1.97. The Morgan fingerprint density at radius 1 is 1.20 bits per heavy atom. The van der Waals surface area contributed by atoms with E-state index in [0.29, 0.717) is 17.5 Å². The number of halogens is 1. The molecule has 0 saturated carbocycles. The molecule has 7 heteroatoms. The van der Waals surface area contributed by atoms with Crippen LogP contribution in [0.5, 0.6) is 0 Å². The zero-order chi connectivity index (χ0) is 10.1. The molecule has 0 unspecified atom stereocenters. The molecular weight excluding hydrogens is 220 g/mol. The second-order valence-electron chi connectivity index (χ2n) is 2.92. The van der Waals surface area contributed by atoms with Crippen LogP contribution in [-0.4, -0.2) is 15.3 Å². The lowest BCUT2D eigenvalue weighted by atomic mass is 10.2. The molecule has 0 aliphatic carbocycles. The Morgan fingerprint density at radius 2 is 1.93 bits per heavy atom. The van der Waals surface area contributed by atoms with Gasteiger partial charge >= 0.3 is 0 Å². The molecular formula is C8H11ClN4O2. The van der Waals surface area contributed by atoms with Gasteiger partial charge in [0.2, 0.25) is 0 Å². The molecule has 0 aliphatic heterocycles. The van der Waals surface area contributed by atoms with Crippen molar-refractivity contribution in [3.8, 4) is 11.5 Å². The maximum Gasteiger partial charge on any atom is 0.263 e. The zero-order valence-corrected chi connectivity index (χ0v) is 9.17. The number of hydrogen-bond acceptors (Lipinski definition) is 6. The van der Waals surface area contributed by atoms with Crippen molar-refractivity contribution in [1.82, 2.24) is 15.3 Å². The molecule has 0 atom stereocenters. The molecule has 0 amide bonds. The lowest BCUT2D eigenvalue weighted by molar-refractivity contribution is 0.392. The number of aromatic nitrogens is 3. The fraction of sp³-hybridized carbons (Fsp3) is 0.375. The summed E-state index contributed by atoms with van der Waals surface area (Å²) in [7, 11) is 0. The van der Waals surface area contributed by atoms with Crippen LogP contribution < -0.4 is 5.73 Å². The van der Waals surface area contributed by atoms with Gasteiger partial charge in [0.15, 0.2) is 5.82 Å². The van der Waals surface area contributed by atoms with Crippen LogP contribution in [-0.2, 0) is 6.54 Å². The Bertz CT molecular complexity index is 432. The smallest absolute Gasteiger partial charge is 0.263 e. The van der Waals surface area contributed by atoms with E-state index in [0.717, 1.165) is 11.3 Å². The standard InChI is InChI=1S/C8H10N4O2.ClH/c1-4-7(5(2)13-11-4)8-10-6(3-9)12-14-8;/h3,9H2,1-2H3;1H. The van der Waals surface area contributed by atoms with E-state index in [1.807, 2.05) is 6.92 Å². The molecule has 0 fully saturated rings. The third kappa shape index (κ3) is 2.00. The first-order valence-electron chi connectivity index (χ1n) is 4.18. The molecule has 15 heavy (non-hydrogen) atoms. The van der Waals surface area contributed by atoms with Crippen molar-refractivity contribution in [1.29, 1.82) is 0 Å². The topological polar surface area (TPSA) is 91.0 Å². The van der Waals surface area contributed by atoms with Gasteiger partial charge in [-0.3, -0.25) is 0 Å². The second-order valence-corrected chi connectivity index (χ2v) is 2.92. The summed E-state index contributed by atoms with van der Waals surface area (Å²) >= 11 is 0. The van der Waals surface area contributed by atoms with E-state index >= 15 is 0 Å². The van der Waals surface area contributed by atoms with Crippen LogP contribution in [0.15, 0.2) is 9.05 Å². The summed E-state index contributed by atoms with van der Waals surface area (Å²) in [4.78, 5) is 4.09. The highest BCUT2D eigenvalue weighted by atomic mass is 35.5. The van der Waals surface area contributed by atoms with Crippen molar-refractivity contribution >= 4 is 12.4 Å². The summed E-state index contributed by atoms with van der Waals surface area (Å²) in [5, 5.41) is 7.49. The Labute approximate surface area is 92.2 Å². The van der Waals surface area contributed by atoms with Gasteiger partial charge in [0.05, 0.1) is 12.2 Å². The highest BCUT2D eigenvalue weighted by molar-refractivity contribution is 5.85. The molecule has 82 valence electrons. The highest BCUT2D eigenvalue weighted by Gasteiger charge is 2.17. The van der Waals surface area contributed by atoms with E-state index in [1.54, 1.807) is 6.92 Å². The van der Waals surface area contributed by atoms with Crippen LogP contribution in [0, 0.1) is 13.8 Å². The Balaban J connectivity index is 0.00000112. The van der Waals surface area contributed by atoms with Gasteiger partial charge in [-0.1, -0.05) is 10.3 Å². The third-order valence-electron chi connectivity index (χ3n) is 1.90. The van der Waals surface area contributed by atoms with E-state index in [2.05, 4.69) is 15.3 Å². The van der Waals surface area contributed by atoms with Crippen LogP contribution in [0.25, 0.3) is 11.5 Å². The summed E-state index contributed by atoms with van der Waals surface area (Å²) in [6.45, 7) is 3.87. The van der Waals surface area contributed by atoms with Crippen molar-refractivity contribution in [2.24, 2.45) is 5.73 Å². The number of hydrogen-bond donors (Lipinski definition) is 1. The molecule has 2 N–H and O–H groups in total. The summed E-state index contributed by atoms with van der Waals surface area (Å²) < 4.78 is 10.0. The van der Waals surface area contributed by atoms with Crippen LogP contribution in [0.3, 0.4) is 0 Å². The average molecular weight is 231 g/mol. The van der Waals surface area contributed by atoms with Gasteiger partial charge in [-0.25, -0.2) is 0 Å². The molecule has 0 spiro atoms. The van der Waals surface area contributed by atoms with Gasteiger partial charge in [0.1, 0.15) is 11.3 Å². The monoisotopic (exact) mass is 230 g/mol. The van der Waals surface area contributed by atoms with E-state index in [9.17, 15) is 0 Å². The van der Waals surface area contributed by atoms with E-state index in [1.165, 1.54) is 0 Å². The second kappa shape index (κ2) is 4.41. The van der Waals surface area contributed by atoms with E-state index < -0.39 is 0 Å². The lowest BCUT2D eigenvalue weighted by Gasteiger charge is -1.88. The molecule has 2 aromatic rings. The summed E-state index contributed by atoms with van der Waals surface area (Å²) in [6.07, 6.45) is 0. The quantitative estimate of drug-likeness (QED) is 0.834. The van der Waals surface area contributed by atoms with Crippen LogP contribution in [0.4, 0.5) is 0 Å². The SMILES string of the molecule is Cc1noc(C)c1-c1nc(CN)no1.Cl. The minimum atomic E-state index is 0. The van der Waals surface area contributed by atoms with Gasteiger partial charge in [0, 0.05) is 0 Å². The van der Waals surface area contributed by atoms with Crippen molar-refractivity contribution in [3.63, 3.8) is 0 Å². The predicted octanol–water partition coefficient (Wildman–Crippen LogP) is 1.22. The first-order valence-corrected chi connectivity index (χ1v) is 4.18. The minimum absolute atomic E-state index is 0. The van der Waals surface area contributed by atoms with Crippen LogP contribution in [0.1, 0.15) is 17.3 Å². The predicted molar refractivity (Wildman–Crippen MR) is 54.4 cm³/mol. The van der Waals surface area contributed by atoms with Crippen molar-refractivity contribution in [2.45, 2.75) is 20.4 Å². The van der Waals surface area contributed by atoms with Crippen LogP contribution >= 0.6 is 12.4 Å². The average Bonchev–Trinajstić information content (AvgIpc) is 2.73. The first kappa shape index (κ1) is 11.7. The van der Waals surface area contributed by atoms with Gasteiger partial charge in [-0.2, -0.15) is 4.98 Å². The summed E-state index contributed by atoms with van der Waals surface area (Å²) in [5.74, 6) is 1.54. The fourth-order valence-electron chi connectivity index (χ4n) is 1.23. The van der Waals surface area contributed by atoms with Crippen LogP contribution in [0.2, 0.25) is 0 Å². The molecule has 6 nitrogen and oxygen atoms in total.